The van der Waals surface area contributed by atoms with Gasteiger partial charge in [-0.3, -0.25) is 14.9 Å². The van der Waals surface area contributed by atoms with Crippen LogP contribution in [0.2, 0.25) is 0 Å². The summed E-state index contributed by atoms with van der Waals surface area (Å²) in [6, 6.07) is 14.7. The van der Waals surface area contributed by atoms with E-state index in [1.165, 1.54) is 23.9 Å². The van der Waals surface area contributed by atoms with E-state index in [1.54, 1.807) is 43.3 Å². The molecule has 0 aliphatic carbocycles. The number of amides is 1. The van der Waals surface area contributed by atoms with E-state index in [9.17, 15) is 14.9 Å². The van der Waals surface area contributed by atoms with Gasteiger partial charge in [0.2, 0.25) is 5.91 Å². The highest BCUT2D eigenvalue weighted by Crippen LogP contribution is 2.26. The number of anilines is 1. The lowest BCUT2D eigenvalue weighted by atomic mass is 10.2. The van der Waals surface area contributed by atoms with E-state index < -0.39 is 4.92 Å². The van der Waals surface area contributed by atoms with Gasteiger partial charge in [0.1, 0.15) is 0 Å². The molecule has 0 spiro atoms. The Labute approximate surface area is 137 Å². The van der Waals surface area contributed by atoms with E-state index >= 15 is 0 Å². The predicted octanol–water partition coefficient (Wildman–Crippen LogP) is 3.59. The fourth-order valence-corrected chi connectivity index (χ4v) is 2.68. The zero-order valence-corrected chi connectivity index (χ0v) is 13.0. The number of nitrogens with zero attached hydrogens (tertiary/aromatic N) is 2. The van der Waals surface area contributed by atoms with Crippen LogP contribution in [-0.2, 0) is 4.79 Å². The van der Waals surface area contributed by atoms with Gasteiger partial charge in [-0.05, 0) is 37.3 Å². The highest BCUT2D eigenvalue weighted by molar-refractivity contribution is 8.00. The Balaban J connectivity index is 1.99. The quantitative estimate of drug-likeness (QED) is 0.514. The Kier molecular flexibility index (Phi) is 5.33. The van der Waals surface area contributed by atoms with Crippen molar-refractivity contribution in [3.8, 4) is 6.07 Å². The largest absolute Gasteiger partial charge is 0.325 e. The first kappa shape index (κ1) is 16.5. The maximum atomic E-state index is 12.2. The number of carbonyl (C=O) groups is 1. The summed E-state index contributed by atoms with van der Waals surface area (Å²) in [6.45, 7) is 1.75. The normalized spacial score (nSPS) is 11.3. The number of carbonyl (C=O) groups excluding carboxylic acids is 1. The second kappa shape index (κ2) is 7.42. The first-order valence-corrected chi connectivity index (χ1v) is 7.59. The van der Waals surface area contributed by atoms with Crippen molar-refractivity contribution in [2.45, 2.75) is 17.1 Å². The minimum absolute atomic E-state index is 0.0137. The van der Waals surface area contributed by atoms with Gasteiger partial charge in [0, 0.05) is 22.7 Å². The van der Waals surface area contributed by atoms with E-state index in [0.29, 0.717) is 11.3 Å². The summed E-state index contributed by atoms with van der Waals surface area (Å²) in [5.74, 6) is -0.205. The minimum atomic E-state index is -0.466. The molecule has 1 atom stereocenters. The molecule has 0 bridgehead atoms. The zero-order valence-electron chi connectivity index (χ0n) is 12.2. The van der Waals surface area contributed by atoms with Gasteiger partial charge in [0.25, 0.3) is 5.69 Å². The van der Waals surface area contributed by atoms with Crippen LogP contribution >= 0.6 is 11.8 Å². The molecule has 1 amide bonds. The maximum absolute atomic E-state index is 12.2. The maximum Gasteiger partial charge on any atom is 0.269 e. The average molecular weight is 327 g/mol. The van der Waals surface area contributed by atoms with Gasteiger partial charge < -0.3 is 5.32 Å². The van der Waals surface area contributed by atoms with Crippen molar-refractivity contribution in [1.29, 1.82) is 5.26 Å². The Morgan fingerprint density at radius 2 is 2.00 bits per heavy atom. The van der Waals surface area contributed by atoms with Crippen molar-refractivity contribution in [3.63, 3.8) is 0 Å². The minimum Gasteiger partial charge on any atom is -0.325 e. The van der Waals surface area contributed by atoms with Gasteiger partial charge in [-0.2, -0.15) is 5.26 Å². The summed E-state index contributed by atoms with van der Waals surface area (Å²) >= 11 is 1.30. The van der Waals surface area contributed by atoms with Gasteiger partial charge in [-0.25, -0.2) is 0 Å². The number of rotatable bonds is 5. The second-order valence-corrected chi connectivity index (χ2v) is 6.11. The molecule has 1 N–H and O–H groups in total. The summed E-state index contributed by atoms with van der Waals surface area (Å²) in [7, 11) is 0. The summed E-state index contributed by atoms with van der Waals surface area (Å²) < 4.78 is 0. The summed E-state index contributed by atoms with van der Waals surface area (Å²) in [6.07, 6.45) is 0. The number of hydrogen-bond acceptors (Lipinski definition) is 5. The van der Waals surface area contributed by atoms with E-state index in [4.69, 9.17) is 5.26 Å². The highest BCUT2D eigenvalue weighted by Gasteiger charge is 2.15. The standard InChI is InChI=1S/C16H13N3O3S/c1-11(23-15-7-5-14(6-8-15)19(21)22)16(20)18-13-4-2-3-12(9-13)10-17/h2-9,11H,1H3,(H,18,20)/t11-/m0/s1. The van der Waals surface area contributed by atoms with Crippen LogP contribution in [-0.4, -0.2) is 16.1 Å². The summed E-state index contributed by atoms with van der Waals surface area (Å²) in [4.78, 5) is 23.1. The second-order valence-electron chi connectivity index (χ2n) is 4.69. The van der Waals surface area contributed by atoms with Gasteiger partial charge in [-0.1, -0.05) is 6.07 Å². The monoisotopic (exact) mass is 327 g/mol. The van der Waals surface area contributed by atoms with Crippen molar-refractivity contribution in [3.05, 3.63) is 64.2 Å². The molecule has 0 unspecified atom stereocenters. The summed E-state index contributed by atoms with van der Waals surface area (Å²) in [5.41, 5.74) is 1.04. The summed E-state index contributed by atoms with van der Waals surface area (Å²) in [5, 5.41) is 21.8. The number of nitro groups is 1. The van der Waals surface area contributed by atoms with Crippen molar-refractivity contribution in [2.75, 3.05) is 5.32 Å². The molecule has 2 aromatic rings. The molecule has 116 valence electrons. The number of nitro benzene ring substituents is 1. The van der Waals surface area contributed by atoms with Gasteiger partial charge in [0.05, 0.1) is 21.8 Å². The Bertz CT molecular complexity index is 769. The van der Waals surface area contributed by atoms with Crippen molar-refractivity contribution in [2.24, 2.45) is 0 Å². The SMILES string of the molecule is C[C@H](Sc1ccc([N+](=O)[O-])cc1)C(=O)Nc1cccc(C#N)c1. The molecule has 7 heteroatoms. The molecule has 0 saturated heterocycles. The highest BCUT2D eigenvalue weighted by atomic mass is 32.2. The molecule has 23 heavy (non-hydrogen) atoms. The molecule has 0 fully saturated rings. The van der Waals surface area contributed by atoms with Crippen molar-refractivity contribution in [1.82, 2.24) is 0 Å². The van der Waals surface area contributed by atoms with Gasteiger partial charge in [0.15, 0.2) is 0 Å². The zero-order chi connectivity index (χ0) is 16.8. The van der Waals surface area contributed by atoms with E-state index in [-0.39, 0.29) is 16.8 Å². The molecule has 2 rings (SSSR count). The lowest BCUT2D eigenvalue weighted by Gasteiger charge is -2.12. The van der Waals surface area contributed by atoms with Gasteiger partial charge >= 0.3 is 0 Å². The molecule has 0 aliphatic heterocycles. The van der Waals surface area contributed by atoms with E-state index in [0.717, 1.165) is 4.90 Å². The molecular weight excluding hydrogens is 314 g/mol. The van der Waals surface area contributed by atoms with Crippen LogP contribution in [0.15, 0.2) is 53.4 Å². The lowest BCUT2D eigenvalue weighted by Crippen LogP contribution is -2.22. The Morgan fingerprint density at radius 3 is 2.61 bits per heavy atom. The van der Waals surface area contributed by atoms with Crippen LogP contribution in [0.5, 0.6) is 0 Å². The van der Waals surface area contributed by atoms with Crippen LogP contribution in [0.1, 0.15) is 12.5 Å². The molecular formula is C16H13N3O3S. The molecule has 0 radical (unpaired) electrons. The third kappa shape index (κ3) is 4.56. The van der Waals surface area contributed by atoms with Crippen LogP contribution in [0.3, 0.4) is 0 Å². The van der Waals surface area contributed by atoms with E-state index in [1.807, 2.05) is 6.07 Å². The average Bonchev–Trinajstić information content (AvgIpc) is 2.55. The first-order valence-electron chi connectivity index (χ1n) is 6.72. The number of nitrogens with one attached hydrogen (secondary N) is 1. The first-order chi connectivity index (χ1) is 11.0. The molecule has 0 heterocycles. The number of non-ortho nitro benzene ring substituents is 1. The molecule has 2 aromatic carbocycles. The predicted molar refractivity (Wildman–Crippen MR) is 88.2 cm³/mol. The lowest BCUT2D eigenvalue weighted by molar-refractivity contribution is -0.384. The van der Waals surface area contributed by atoms with Crippen LogP contribution in [0.25, 0.3) is 0 Å². The fraction of sp³-hybridized carbons (Fsp3) is 0.125. The van der Waals surface area contributed by atoms with Crippen molar-refractivity contribution >= 4 is 29.0 Å². The molecule has 0 aliphatic rings. The molecule has 0 saturated carbocycles. The number of nitriles is 1. The Morgan fingerprint density at radius 1 is 1.30 bits per heavy atom. The topological polar surface area (TPSA) is 96.0 Å². The van der Waals surface area contributed by atoms with Crippen LogP contribution in [0.4, 0.5) is 11.4 Å². The third-order valence-electron chi connectivity index (χ3n) is 2.99. The van der Waals surface area contributed by atoms with Crippen LogP contribution < -0.4 is 5.32 Å². The fourth-order valence-electron chi connectivity index (χ4n) is 1.81. The molecule has 0 aromatic heterocycles. The van der Waals surface area contributed by atoms with Crippen molar-refractivity contribution < 1.29 is 9.72 Å². The molecule has 6 nitrogen and oxygen atoms in total. The Hall–Kier alpha value is -2.85. The third-order valence-corrected chi connectivity index (χ3v) is 4.10. The number of hydrogen-bond donors (Lipinski definition) is 1. The van der Waals surface area contributed by atoms with E-state index in [2.05, 4.69) is 5.32 Å². The van der Waals surface area contributed by atoms with Crippen LogP contribution in [0, 0.1) is 21.4 Å². The number of thioether (sulfide) groups is 1. The van der Waals surface area contributed by atoms with Gasteiger partial charge in [-0.15, -0.1) is 11.8 Å². The number of benzene rings is 2. The smallest absolute Gasteiger partial charge is 0.269 e.